The molecule has 0 saturated heterocycles. The van der Waals surface area contributed by atoms with Crippen LogP contribution in [0, 0.1) is 6.92 Å². The van der Waals surface area contributed by atoms with E-state index in [1.54, 1.807) is 22.8 Å². The zero-order valence-corrected chi connectivity index (χ0v) is 13.3. The van der Waals surface area contributed by atoms with E-state index < -0.39 is 0 Å². The van der Waals surface area contributed by atoms with Gasteiger partial charge in [0.1, 0.15) is 0 Å². The molecule has 3 aromatic rings. The lowest BCUT2D eigenvalue weighted by molar-refractivity contribution is 0.895. The van der Waals surface area contributed by atoms with E-state index in [-0.39, 0.29) is 0 Å². The van der Waals surface area contributed by atoms with Crippen molar-refractivity contribution < 1.29 is 0 Å². The van der Waals surface area contributed by atoms with Gasteiger partial charge in [0, 0.05) is 30.6 Å². The number of aromatic nitrogens is 3. The summed E-state index contributed by atoms with van der Waals surface area (Å²) in [5.41, 5.74) is 3.46. The summed E-state index contributed by atoms with van der Waals surface area (Å²) < 4.78 is 1.75. The van der Waals surface area contributed by atoms with Gasteiger partial charge in [-0.25, -0.2) is 9.50 Å². The van der Waals surface area contributed by atoms with Crippen molar-refractivity contribution in [2.75, 3.05) is 5.32 Å². The van der Waals surface area contributed by atoms with Crippen LogP contribution in [0.2, 0.25) is 15.1 Å². The Hall–Kier alpha value is -1.49. The molecule has 2 aromatic heterocycles. The van der Waals surface area contributed by atoms with E-state index in [1.165, 1.54) is 0 Å². The Morgan fingerprint density at radius 1 is 1.10 bits per heavy atom. The Labute approximate surface area is 136 Å². The fourth-order valence-electron chi connectivity index (χ4n) is 1.98. The Balaban J connectivity index is 1.81. The Bertz CT molecular complexity index is 813. The fraction of sp³-hybridized carbons (Fsp3) is 0.143. The van der Waals surface area contributed by atoms with E-state index >= 15 is 0 Å². The second kappa shape index (κ2) is 5.72. The molecular formula is C14H11Cl3N4. The third kappa shape index (κ3) is 3.07. The summed E-state index contributed by atoms with van der Waals surface area (Å²) in [5, 5.41) is 8.96. The predicted molar refractivity (Wildman–Crippen MR) is 86.5 cm³/mol. The number of anilines is 1. The molecular weight excluding hydrogens is 331 g/mol. The molecule has 0 radical (unpaired) electrons. The van der Waals surface area contributed by atoms with Crippen LogP contribution in [0.1, 0.15) is 11.3 Å². The van der Waals surface area contributed by atoms with E-state index in [1.807, 2.05) is 19.2 Å². The van der Waals surface area contributed by atoms with E-state index in [2.05, 4.69) is 15.4 Å². The van der Waals surface area contributed by atoms with Crippen LogP contribution in [0.5, 0.6) is 0 Å². The normalized spacial score (nSPS) is 11.0. The molecule has 108 valence electrons. The third-order valence-electron chi connectivity index (χ3n) is 2.98. The zero-order chi connectivity index (χ0) is 15.0. The van der Waals surface area contributed by atoms with E-state index in [0.717, 1.165) is 22.6 Å². The van der Waals surface area contributed by atoms with Crippen molar-refractivity contribution in [1.82, 2.24) is 14.6 Å². The van der Waals surface area contributed by atoms with Gasteiger partial charge in [0.05, 0.1) is 26.4 Å². The molecule has 4 nitrogen and oxygen atoms in total. The number of fused-ring (bicyclic) bond motifs is 1. The SMILES string of the molecule is Cc1cc2ncc(CNc3cc(Cl)c(Cl)cc3Cl)cn2n1. The van der Waals surface area contributed by atoms with Crippen molar-refractivity contribution in [3.8, 4) is 0 Å². The van der Waals surface area contributed by atoms with Crippen LogP contribution < -0.4 is 5.32 Å². The van der Waals surface area contributed by atoms with Gasteiger partial charge in [0.25, 0.3) is 0 Å². The van der Waals surface area contributed by atoms with E-state index in [4.69, 9.17) is 34.8 Å². The molecule has 2 heterocycles. The van der Waals surface area contributed by atoms with Gasteiger partial charge in [0.2, 0.25) is 0 Å². The van der Waals surface area contributed by atoms with Crippen molar-refractivity contribution in [3.63, 3.8) is 0 Å². The fourth-order valence-corrected chi connectivity index (χ4v) is 2.59. The van der Waals surface area contributed by atoms with Crippen molar-refractivity contribution in [1.29, 1.82) is 0 Å². The average Bonchev–Trinajstić information content (AvgIpc) is 2.80. The number of hydrogen-bond acceptors (Lipinski definition) is 3. The summed E-state index contributed by atoms with van der Waals surface area (Å²) >= 11 is 18.0. The average molecular weight is 342 g/mol. The summed E-state index contributed by atoms with van der Waals surface area (Å²) in [6.07, 6.45) is 3.72. The standard InChI is InChI=1S/C14H11Cl3N4/c1-8-2-14-19-6-9(7-21(14)20-8)5-18-13-4-11(16)10(15)3-12(13)17/h2-4,6-7,18H,5H2,1H3. The smallest absolute Gasteiger partial charge is 0.155 e. The quantitative estimate of drug-likeness (QED) is 0.707. The first-order valence-corrected chi connectivity index (χ1v) is 7.35. The van der Waals surface area contributed by atoms with Crippen molar-refractivity contribution in [2.24, 2.45) is 0 Å². The Morgan fingerprint density at radius 3 is 2.67 bits per heavy atom. The number of nitrogens with one attached hydrogen (secondary N) is 1. The molecule has 21 heavy (non-hydrogen) atoms. The molecule has 1 N–H and O–H groups in total. The minimum Gasteiger partial charge on any atom is -0.380 e. The van der Waals surface area contributed by atoms with Crippen LogP contribution >= 0.6 is 34.8 Å². The van der Waals surface area contributed by atoms with E-state index in [9.17, 15) is 0 Å². The van der Waals surface area contributed by atoms with Crippen LogP contribution in [0.4, 0.5) is 5.69 Å². The van der Waals surface area contributed by atoms with Crippen LogP contribution in [-0.2, 0) is 6.54 Å². The zero-order valence-electron chi connectivity index (χ0n) is 11.1. The maximum atomic E-state index is 6.13. The molecule has 7 heteroatoms. The maximum absolute atomic E-state index is 6.13. The number of hydrogen-bond donors (Lipinski definition) is 1. The minimum atomic E-state index is 0.433. The van der Waals surface area contributed by atoms with Gasteiger partial charge in [-0.2, -0.15) is 5.10 Å². The highest BCUT2D eigenvalue weighted by Crippen LogP contribution is 2.32. The van der Waals surface area contributed by atoms with Crippen molar-refractivity contribution in [2.45, 2.75) is 13.5 Å². The predicted octanol–water partition coefficient (Wildman–Crippen LogP) is 4.61. The second-order valence-corrected chi connectivity index (χ2v) is 5.87. The van der Waals surface area contributed by atoms with Crippen LogP contribution in [-0.4, -0.2) is 14.6 Å². The molecule has 0 spiro atoms. The topological polar surface area (TPSA) is 42.2 Å². The number of aryl methyl sites for hydroxylation is 1. The van der Waals surface area contributed by atoms with Crippen molar-refractivity contribution in [3.05, 3.63) is 56.9 Å². The van der Waals surface area contributed by atoms with Crippen LogP contribution in [0.25, 0.3) is 5.65 Å². The van der Waals surface area contributed by atoms with Gasteiger partial charge >= 0.3 is 0 Å². The highest BCUT2D eigenvalue weighted by molar-refractivity contribution is 6.44. The highest BCUT2D eigenvalue weighted by atomic mass is 35.5. The molecule has 0 fully saturated rings. The second-order valence-electron chi connectivity index (χ2n) is 4.65. The lowest BCUT2D eigenvalue weighted by atomic mass is 10.3. The summed E-state index contributed by atoms with van der Waals surface area (Å²) in [5.74, 6) is 0. The summed E-state index contributed by atoms with van der Waals surface area (Å²) in [7, 11) is 0. The molecule has 3 rings (SSSR count). The van der Waals surface area contributed by atoms with Gasteiger partial charge in [-0.3, -0.25) is 0 Å². The van der Waals surface area contributed by atoms with Crippen LogP contribution in [0.15, 0.2) is 30.6 Å². The first-order chi connectivity index (χ1) is 10.0. The first-order valence-electron chi connectivity index (χ1n) is 6.22. The number of nitrogens with zero attached hydrogens (tertiary/aromatic N) is 3. The lowest BCUT2D eigenvalue weighted by Crippen LogP contribution is -2.03. The van der Waals surface area contributed by atoms with Gasteiger partial charge in [-0.1, -0.05) is 34.8 Å². The first kappa shape index (κ1) is 14.4. The molecule has 0 aliphatic rings. The Kier molecular flexibility index (Phi) is 3.93. The summed E-state index contributed by atoms with van der Waals surface area (Å²) in [6.45, 7) is 2.49. The number of halogens is 3. The number of rotatable bonds is 3. The third-order valence-corrected chi connectivity index (χ3v) is 4.02. The molecule has 0 aliphatic heterocycles. The van der Waals surface area contributed by atoms with Gasteiger partial charge in [-0.05, 0) is 19.1 Å². The number of benzene rings is 1. The monoisotopic (exact) mass is 340 g/mol. The van der Waals surface area contributed by atoms with Gasteiger partial charge in [-0.15, -0.1) is 0 Å². The summed E-state index contributed by atoms with van der Waals surface area (Å²) in [4.78, 5) is 4.35. The molecule has 0 unspecified atom stereocenters. The van der Waals surface area contributed by atoms with Crippen LogP contribution in [0.3, 0.4) is 0 Å². The summed E-state index contributed by atoms with van der Waals surface area (Å²) in [6, 6.07) is 5.25. The lowest BCUT2D eigenvalue weighted by Gasteiger charge is -2.10. The molecule has 0 saturated carbocycles. The molecule has 0 aliphatic carbocycles. The molecule has 1 aromatic carbocycles. The highest BCUT2D eigenvalue weighted by Gasteiger charge is 2.06. The van der Waals surface area contributed by atoms with Gasteiger partial charge in [0.15, 0.2) is 5.65 Å². The maximum Gasteiger partial charge on any atom is 0.155 e. The molecule has 0 bridgehead atoms. The van der Waals surface area contributed by atoms with Crippen molar-refractivity contribution >= 4 is 46.1 Å². The van der Waals surface area contributed by atoms with Gasteiger partial charge < -0.3 is 5.32 Å². The molecule has 0 amide bonds. The largest absolute Gasteiger partial charge is 0.380 e. The molecule has 0 atom stereocenters. The Morgan fingerprint density at radius 2 is 1.86 bits per heavy atom. The minimum absolute atomic E-state index is 0.433. The van der Waals surface area contributed by atoms with E-state index in [0.29, 0.717) is 21.6 Å².